The van der Waals surface area contributed by atoms with E-state index in [1.54, 1.807) is 34.6 Å². The summed E-state index contributed by atoms with van der Waals surface area (Å²) >= 11 is 0. The molecule has 7 nitrogen and oxygen atoms in total. The maximum absolute atomic E-state index is 13.1. The van der Waals surface area contributed by atoms with Gasteiger partial charge >= 0.3 is 0 Å². The number of aryl methyl sites for hydroxylation is 1. The van der Waals surface area contributed by atoms with Crippen molar-refractivity contribution in [2.45, 2.75) is 4.90 Å². The summed E-state index contributed by atoms with van der Waals surface area (Å²) in [5.74, 6) is 0. The van der Waals surface area contributed by atoms with Crippen LogP contribution in [0.3, 0.4) is 0 Å². The van der Waals surface area contributed by atoms with E-state index in [-0.39, 0.29) is 10.5 Å². The molecule has 26 heavy (non-hydrogen) atoms. The fraction of sp³-hybridized carbons (Fsp3) is 0.111. The highest BCUT2D eigenvalue weighted by molar-refractivity contribution is 7.89. The van der Waals surface area contributed by atoms with E-state index in [0.717, 1.165) is 0 Å². The highest BCUT2D eigenvalue weighted by atomic mass is 32.2. The average molecular weight is 368 g/mol. The maximum atomic E-state index is 13.1. The van der Waals surface area contributed by atoms with Gasteiger partial charge in [-0.25, -0.2) is 13.1 Å². The average Bonchev–Trinajstić information content (AvgIpc) is 3.05. The first kappa shape index (κ1) is 16.5. The predicted octanol–water partition coefficient (Wildman–Crippen LogP) is 1.79. The Hall–Kier alpha value is -2.97. The predicted molar refractivity (Wildman–Crippen MR) is 100 cm³/mol. The van der Waals surface area contributed by atoms with Gasteiger partial charge in [0.15, 0.2) is 0 Å². The Kier molecular flexibility index (Phi) is 3.67. The van der Waals surface area contributed by atoms with Gasteiger partial charge < -0.3 is 0 Å². The number of hydrogen-bond acceptors (Lipinski definition) is 4. The van der Waals surface area contributed by atoms with Crippen LogP contribution in [0.2, 0.25) is 0 Å². The second-order valence-electron chi connectivity index (χ2n) is 5.93. The topological polar surface area (TPSA) is 86.0 Å². The van der Waals surface area contributed by atoms with Gasteiger partial charge in [0, 0.05) is 24.3 Å². The van der Waals surface area contributed by atoms with Gasteiger partial charge in [0.2, 0.25) is 10.0 Å². The van der Waals surface area contributed by atoms with E-state index in [1.807, 2.05) is 30.3 Å². The van der Waals surface area contributed by atoms with Gasteiger partial charge in [0.05, 0.1) is 15.8 Å². The second kappa shape index (κ2) is 5.79. The monoisotopic (exact) mass is 368 g/mol. The van der Waals surface area contributed by atoms with E-state index in [4.69, 9.17) is 0 Å². The summed E-state index contributed by atoms with van der Waals surface area (Å²) in [5, 5.41) is 5.40. The fourth-order valence-corrected chi connectivity index (χ4v) is 3.85. The van der Waals surface area contributed by atoms with Gasteiger partial charge in [-0.15, -0.1) is 0 Å². The van der Waals surface area contributed by atoms with Crippen molar-refractivity contribution in [2.24, 2.45) is 7.05 Å². The fourth-order valence-electron chi connectivity index (χ4n) is 3.09. The third-order valence-corrected chi connectivity index (χ3v) is 5.73. The molecule has 132 valence electrons. The van der Waals surface area contributed by atoms with Crippen LogP contribution in [0.1, 0.15) is 0 Å². The molecule has 4 aromatic rings. The Morgan fingerprint density at radius 3 is 2.46 bits per heavy atom. The minimum Gasteiger partial charge on any atom is -0.276 e. The van der Waals surface area contributed by atoms with E-state index in [0.29, 0.717) is 27.5 Å². The number of benzene rings is 2. The lowest BCUT2D eigenvalue weighted by Gasteiger charge is -2.12. The first-order valence-corrected chi connectivity index (χ1v) is 9.42. The maximum Gasteiger partial charge on any atom is 0.266 e. The van der Waals surface area contributed by atoms with Crippen LogP contribution >= 0.6 is 0 Å². The normalized spacial score (nSPS) is 12.1. The lowest BCUT2D eigenvalue weighted by molar-refractivity contribution is 0.588. The van der Waals surface area contributed by atoms with Crippen LogP contribution in [0.4, 0.5) is 0 Å². The van der Waals surface area contributed by atoms with Gasteiger partial charge in [-0.05, 0) is 37.4 Å². The molecule has 0 amide bonds. The molecule has 2 aromatic carbocycles. The van der Waals surface area contributed by atoms with Gasteiger partial charge in [-0.1, -0.05) is 18.2 Å². The summed E-state index contributed by atoms with van der Waals surface area (Å²) in [4.78, 5) is 13.2. The molecule has 2 heterocycles. The molecule has 8 heteroatoms. The van der Waals surface area contributed by atoms with Crippen molar-refractivity contribution in [1.82, 2.24) is 19.1 Å². The standard InChI is InChI=1S/C18H16N4O3S/c1-19-26(24,25)13-8-9-16-14(10-13)17-15(11-21(2)20-17)18(23)22(16)12-6-4-3-5-7-12/h3-11,19H,1-2H3. The lowest BCUT2D eigenvalue weighted by Crippen LogP contribution is -2.20. The molecule has 1 N–H and O–H groups in total. The summed E-state index contributed by atoms with van der Waals surface area (Å²) in [5.41, 5.74) is 1.59. The second-order valence-corrected chi connectivity index (χ2v) is 7.81. The van der Waals surface area contributed by atoms with E-state index in [2.05, 4.69) is 9.82 Å². The molecule has 0 spiro atoms. The molecule has 0 aliphatic heterocycles. The quantitative estimate of drug-likeness (QED) is 0.597. The van der Waals surface area contributed by atoms with Crippen LogP contribution in [0.25, 0.3) is 27.5 Å². The number of aromatic nitrogens is 3. The Balaban J connectivity index is 2.21. The molecule has 0 aliphatic rings. The smallest absolute Gasteiger partial charge is 0.266 e. The van der Waals surface area contributed by atoms with Crippen molar-refractivity contribution in [1.29, 1.82) is 0 Å². The Labute approximate surface area is 149 Å². The van der Waals surface area contributed by atoms with Gasteiger partial charge in [-0.2, -0.15) is 5.10 Å². The van der Waals surface area contributed by atoms with Crippen molar-refractivity contribution < 1.29 is 8.42 Å². The lowest BCUT2D eigenvalue weighted by atomic mass is 10.1. The summed E-state index contributed by atoms with van der Waals surface area (Å²) in [6.07, 6.45) is 1.65. The first-order valence-electron chi connectivity index (χ1n) is 7.93. The van der Waals surface area contributed by atoms with Gasteiger partial charge in [-0.3, -0.25) is 14.0 Å². The zero-order valence-corrected chi connectivity index (χ0v) is 15.0. The highest BCUT2D eigenvalue weighted by Gasteiger charge is 2.18. The number of pyridine rings is 1. The van der Waals surface area contributed by atoms with E-state index in [1.165, 1.54) is 13.1 Å². The third-order valence-electron chi connectivity index (χ3n) is 4.32. The van der Waals surface area contributed by atoms with E-state index >= 15 is 0 Å². The number of nitrogens with zero attached hydrogens (tertiary/aromatic N) is 3. The Morgan fingerprint density at radius 1 is 1.04 bits per heavy atom. The van der Waals surface area contributed by atoms with Crippen molar-refractivity contribution in [3.8, 4) is 5.69 Å². The van der Waals surface area contributed by atoms with Crippen LogP contribution in [0, 0.1) is 0 Å². The summed E-state index contributed by atoms with van der Waals surface area (Å²) in [6, 6.07) is 13.9. The largest absolute Gasteiger partial charge is 0.276 e. The van der Waals surface area contributed by atoms with E-state index in [9.17, 15) is 13.2 Å². The molecular formula is C18H16N4O3S. The molecule has 2 aromatic heterocycles. The zero-order chi connectivity index (χ0) is 18.5. The van der Waals surface area contributed by atoms with Gasteiger partial charge in [0.1, 0.15) is 5.52 Å². The van der Waals surface area contributed by atoms with Crippen molar-refractivity contribution >= 4 is 31.8 Å². The molecule has 0 fully saturated rings. The van der Waals surface area contributed by atoms with Crippen molar-refractivity contribution in [3.05, 3.63) is 65.1 Å². The van der Waals surface area contributed by atoms with Crippen LogP contribution in [0.15, 0.2) is 64.4 Å². The van der Waals surface area contributed by atoms with E-state index < -0.39 is 10.0 Å². The van der Waals surface area contributed by atoms with Gasteiger partial charge in [0.25, 0.3) is 5.56 Å². The third kappa shape index (κ3) is 2.42. The molecule has 0 saturated carbocycles. The van der Waals surface area contributed by atoms with Crippen molar-refractivity contribution in [3.63, 3.8) is 0 Å². The molecular weight excluding hydrogens is 352 g/mol. The summed E-state index contributed by atoms with van der Waals surface area (Å²) < 4.78 is 29.9. The van der Waals surface area contributed by atoms with Crippen LogP contribution in [0.5, 0.6) is 0 Å². The van der Waals surface area contributed by atoms with Crippen LogP contribution in [-0.4, -0.2) is 29.8 Å². The Bertz CT molecular complexity index is 1310. The zero-order valence-electron chi connectivity index (χ0n) is 14.2. The summed E-state index contributed by atoms with van der Waals surface area (Å²) in [7, 11) is -0.521. The molecule has 0 radical (unpaired) electrons. The SMILES string of the molecule is CNS(=O)(=O)c1ccc2c(c1)c1nn(C)cc1c(=O)n2-c1ccccc1. The van der Waals surface area contributed by atoms with Crippen LogP contribution < -0.4 is 10.3 Å². The van der Waals surface area contributed by atoms with Crippen molar-refractivity contribution in [2.75, 3.05) is 7.05 Å². The molecule has 0 unspecified atom stereocenters. The first-order chi connectivity index (χ1) is 12.4. The van der Waals surface area contributed by atoms with Crippen LogP contribution in [-0.2, 0) is 17.1 Å². The number of para-hydroxylation sites is 1. The Morgan fingerprint density at radius 2 is 1.77 bits per heavy atom. The number of sulfonamides is 1. The minimum absolute atomic E-state index is 0.123. The number of nitrogens with one attached hydrogen (secondary N) is 1. The minimum atomic E-state index is -3.61. The number of hydrogen-bond donors (Lipinski definition) is 1. The number of fused-ring (bicyclic) bond motifs is 3. The molecule has 4 rings (SSSR count). The molecule has 0 bridgehead atoms. The molecule has 0 saturated heterocycles. The molecule has 0 atom stereocenters. The summed E-state index contributed by atoms with van der Waals surface area (Å²) in [6.45, 7) is 0. The number of rotatable bonds is 3. The molecule has 0 aliphatic carbocycles. The highest BCUT2D eigenvalue weighted by Crippen LogP contribution is 2.26.